The summed E-state index contributed by atoms with van der Waals surface area (Å²) < 4.78 is 13.6. The summed E-state index contributed by atoms with van der Waals surface area (Å²) in [6, 6.07) is 17.9. The number of hydrogen-bond donors (Lipinski definition) is 4. The second-order valence-electron chi connectivity index (χ2n) is 18.3. The van der Waals surface area contributed by atoms with Gasteiger partial charge in [0.25, 0.3) is 0 Å². The Morgan fingerprint density at radius 1 is 0.926 bits per heavy atom. The number of hydrogen-bond acceptors (Lipinski definition) is 14. The van der Waals surface area contributed by atoms with Crippen LogP contribution in [-0.4, -0.2) is 117 Å². The van der Waals surface area contributed by atoms with E-state index >= 15 is 0 Å². The molecule has 0 saturated carbocycles. The fourth-order valence-electron chi connectivity index (χ4n) is 10.4. The minimum Gasteiger partial charge on any atom is -0.494 e. The lowest BCUT2D eigenvalue weighted by molar-refractivity contribution is -0.135. The highest BCUT2D eigenvalue weighted by molar-refractivity contribution is 9.10. The third-order valence-corrected chi connectivity index (χ3v) is 17.6. The molecule has 1 atom stereocenters. The van der Waals surface area contributed by atoms with Crippen LogP contribution >= 0.6 is 23.4 Å². The molecule has 3 aromatic heterocycles. The Morgan fingerprint density at radius 3 is 2.47 bits per heavy atom. The molecule has 4 aliphatic heterocycles. The second kappa shape index (κ2) is 19.4. The molecule has 16 nitrogen and oxygen atoms in total. The molecule has 3 fully saturated rings. The van der Waals surface area contributed by atoms with Gasteiger partial charge in [0, 0.05) is 112 Å². The molecule has 18 heteroatoms. The fourth-order valence-corrected chi connectivity index (χ4v) is 13.4. The average molecular weight is 1000 g/mol. The largest absolute Gasteiger partial charge is 0.494 e. The summed E-state index contributed by atoms with van der Waals surface area (Å²) in [6.07, 6.45) is 11.4. The van der Waals surface area contributed by atoms with Crippen molar-refractivity contribution < 1.29 is 23.6 Å². The van der Waals surface area contributed by atoms with E-state index in [0.29, 0.717) is 51.5 Å². The van der Waals surface area contributed by atoms with E-state index in [4.69, 9.17) is 19.1 Å². The molecule has 6 aromatic rings. The van der Waals surface area contributed by atoms with Crippen molar-refractivity contribution in [2.24, 2.45) is 0 Å². The second-order valence-corrected chi connectivity index (χ2v) is 22.1. The normalized spacial score (nSPS) is 19.2. The number of aromatic nitrogens is 4. The third kappa shape index (κ3) is 9.26. The summed E-state index contributed by atoms with van der Waals surface area (Å²) in [5.41, 5.74) is 7.90. The van der Waals surface area contributed by atoms with E-state index in [1.54, 1.807) is 13.3 Å². The van der Waals surface area contributed by atoms with Gasteiger partial charge in [-0.05, 0) is 102 Å². The number of ether oxygens (including phenoxy) is 1. The van der Waals surface area contributed by atoms with Gasteiger partial charge in [-0.25, -0.2) is 9.78 Å². The monoisotopic (exact) mass is 1000 g/mol. The fraction of sp³-hybridized carbons (Fsp3) is 0.400. The van der Waals surface area contributed by atoms with E-state index < -0.39 is 25.2 Å². The maximum absolute atomic E-state index is 12.8. The molecule has 7 heterocycles. The minimum atomic E-state index is -2.50. The molecule has 68 heavy (non-hydrogen) atoms. The van der Waals surface area contributed by atoms with Crippen LogP contribution in [0.4, 0.5) is 28.8 Å². The number of pyridine rings is 1. The molecular weight excluding hydrogens is 947 g/mol. The number of carbonyl (C=O) groups excluding carboxylic acids is 2. The highest BCUT2D eigenvalue weighted by atomic mass is 79.9. The van der Waals surface area contributed by atoms with Crippen LogP contribution in [0, 0.1) is 6.92 Å². The number of anilines is 5. The first-order valence-corrected chi connectivity index (χ1v) is 26.5. The molecule has 0 spiro atoms. The lowest BCUT2D eigenvalue weighted by Crippen LogP contribution is -2.53. The molecule has 1 unspecified atom stereocenters. The zero-order chi connectivity index (χ0) is 47.1. The number of allylic oxidation sites excluding steroid dienone is 2. The number of nitrogens with zero attached hydrogens (tertiary/aromatic N) is 7. The van der Waals surface area contributed by atoms with Crippen LogP contribution < -0.4 is 36.6 Å². The van der Waals surface area contributed by atoms with Crippen molar-refractivity contribution in [3.63, 3.8) is 0 Å². The summed E-state index contributed by atoms with van der Waals surface area (Å²) in [4.78, 5) is 70.9. The maximum atomic E-state index is 12.8. The van der Waals surface area contributed by atoms with Crippen LogP contribution in [0.5, 0.6) is 5.75 Å². The average Bonchev–Trinajstić information content (AvgIpc) is 3.93. The van der Waals surface area contributed by atoms with Gasteiger partial charge in [-0.15, -0.1) is 0 Å². The standard InChI is InChI=1S/C50H57BrN10O6P/c1-4-33-28-39(55-49-52-30-36(51)47(57-49)54-38-11-10-37-35(9-7-31(2)53-37)46(38)68(65)25-5-6-26-68)43(66-3)29-42(33)60-19-16-34(17-20-60)59-23-21-58(22-24-59)18-15-32-8-12-40-44(27-32)67-50(64)61(40)41-13-14-45(62)56-48(41)63/h5-12,27-30,34,41,65H,4,13-26H2,1-3H3,(H,56,62,63)(H2,52,54,55,57). The van der Waals surface area contributed by atoms with E-state index in [1.807, 2.05) is 43.3 Å². The van der Waals surface area contributed by atoms with Gasteiger partial charge in [-0.1, -0.05) is 31.2 Å². The van der Waals surface area contributed by atoms with Crippen molar-refractivity contribution in [3.8, 4) is 5.75 Å². The smallest absolute Gasteiger partial charge is 0.420 e. The number of rotatable bonds is 13. The van der Waals surface area contributed by atoms with Crippen molar-refractivity contribution in [1.82, 2.24) is 34.6 Å². The molecule has 0 bridgehead atoms. The number of oxazole rings is 1. The van der Waals surface area contributed by atoms with Crippen LogP contribution in [0.2, 0.25) is 0 Å². The quantitative estimate of drug-likeness (QED) is 0.0528. The highest BCUT2D eigenvalue weighted by Gasteiger charge is 2.34. The predicted octanol–water partition coefficient (Wildman–Crippen LogP) is 6.99. The SMILES string of the molecule is CCc1cc(Nc2ncc(Br)c(Nc3ccc4nc(C)ccc4c3[P]3(O)CC=CC3)n2)c(OC)cc1N1CCC(N2CCN(CCc3ccc4c(c3)oc(=O)n4C3CCC(=O)NC3=O)CC2)CC1. The van der Waals surface area contributed by atoms with Gasteiger partial charge in [0.2, 0.25) is 17.8 Å². The topological polar surface area (TPSA) is 183 Å². The molecule has 2 amide bonds. The predicted molar refractivity (Wildman–Crippen MR) is 272 cm³/mol. The van der Waals surface area contributed by atoms with Crippen LogP contribution in [0.3, 0.4) is 0 Å². The summed E-state index contributed by atoms with van der Waals surface area (Å²) in [6.45, 7) is 11.0. The molecule has 0 aliphatic carbocycles. The first-order chi connectivity index (χ1) is 33.0. The molecule has 1 radical (unpaired) electrons. The lowest BCUT2D eigenvalue weighted by atomic mass is 9.99. The first kappa shape index (κ1) is 46.0. The summed E-state index contributed by atoms with van der Waals surface area (Å²) in [5, 5.41) is 11.2. The van der Waals surface area contributed by atoms with Gasteiger partial charge in [0.15, 0.2) is 5.58 Å². The number of nitrogens with one attached hydrogen (secondary N) is 3. The molecule has 3 aromatic carbocycles. The number of methoxy groups -OCH3 is 1. The van der Waals surface area contributed by atoms with Crippen molar-refractivity contribution in [2.45, 2.75) is 64.5 Å². The van der Waals surface area contributed by atoms with E-state index in [9.17, 15) is 19.3 Å². The van der Waals surface area contributed by atoms with Crippen LogP contribution in [0.15, 0.2) is 86.6 Å². The van der Waals surface area contributed by atoms with Crippen LogP contribution in [0.1, 0.15) is 55.5 Å². The number of aryl methyl sites for hydroxylation is 2. The number of piperidine rings is 2. The zero-order valence-electron chi connectivity index (χ0n) is 38.6. The van der Waals surface area contributed by atoms with Gasteiger partial charge in [-0.3, -0.25) is 29.4 Å². The number of piperazine rings is 1. The third-order valence-electron chi connectivity index (χ3n) is 14.0. The van der Waals surface area contributed by atoms with Crippen molar-refractivity contribution in [2.75, 3.05) is 80.8 Å². The number of halogens is 1. The molecular formula is C50H57BrN10O6P. The number of imide groups is 1. The van der Waals surface area contributed by atoms with E-state index in [0.717, 1.165) is 110 Å². The van der Waals surface area contributed by atoms with Gasteiger partial charge in [0.05, 0.1) is 34.0 Å². The highest BCUT2D eigenvalue weighted by Crippen LogP contribution is 2.59. The summed E-state index contributed by atoms with van der Waals surface area (Å²) >= 11 is 3.67. The van der Waals surface area contributed by atoms with Crippen molar-refractivity contribution in [3.05, 3.63) is 105 Å². The summed E-state index contributed by atoms with van der Waals surface area (Å²) in [5.74, 6) is 0.334. The Labute approximate surface area is 403 Å². The van der Waals surface area contributed by atoms with Gasteiger partial charge >= 0.3 is 5.76 Å². The molecule has 10 rings (SSSR count). The summed E-state index contributed by atoms with van der Waals surface area (Å²) in [7, 11) is -0.800. The van der Waals surface area contributed by atoms with E-state index in [2.05, 4.69) is 88.8 Å². The number of fused-ring (bicyclic) bond motifs is 2. The van der Waals surface area contributed by atoms with E-state index in [1.165, 1.54) is 15.8 Å². The Bertz CT molecular complexity index is 2990. The Morgan fingerprint density at radius 2 is 1.72 bits per heavy atom. The molecule has 4 N–H and O–H groups in total. The number of amides is 2. The molecule has 3 saturated heterocycles. The van der Waals surface area contributed by atoms with Crippen LogP contribution in [-0.2, 0) is 22.4 Å². The molecule has 4 aliphatic rings. The Balaban J connectivity index is 0.754. The molecule has 355 valence electrons. The number of carbonyl (C=O) groups is 2. The maximum Gasteiger partial charge on any atom is 0.420 e. The lowest BCUT2D eigenvalue weighted by Gasteiger charge is -2.43. The first-order valence-electron chi connectivity index (χ1n) is 23.6. The Kier molecular flexibility index (Phi) is 13.1. The zero-order valence-corrected chi connectivity index (χ0v) is 41.1. The van der Waals surface area contributed by atoms with E-state index in [-0.39, 0.29) is 18.7 Å². The van der Waals surface area contributed by atoms with Crippen molar-refractivity contribution >= 4 is 91.4 Å². The number of benzene rings is 3. The minimum absolute atomic E-state index is 0.191. The van der Waals surface area contributed by atoms with Gasteiger partial charge in [-0.2, -0.15) is 4.98 Å². The van der Waals surface area contributed by atoms with Crippen molar-refractivity contribution in [1.29, 1.82) is 0 Å². The van der Waals surface area contributed by atoms with Gasteiger partial charge < -0.3 is 34.5 Å². The van der Waals surface area contributed by atoms with Crippen LogP contribution in [0.25, 0.3) is 22.0 Å². The Hall–Kier alpha value is -5.71. The van der Waals surface area contributed by atoms with Gasteiger partial charge in [0.1, 0.15) is 17.6 Å².